The SMILES string of the molecule is CCCNc1ccc([N+](=O)[O-])c(N2CCCCC2CO)n1. The number of aliphatic hydroxyl groups excluding tert-OH is 1. The van der Waals surface area contributed by atoms with Gasteiger partial charge in [0.15, 0.2) is 0 Å². The molecule has 2 rings (SSSR count). The molecule has 1 aliphatic heterocycles. The number of nitro groups is 1. The molecule has 7 nitrogen and oxygen atoms in total. The lowest BCUT2D eigenvalue weighted by molar-refractivity contribution is -0.384. The first-order valence-electron chi connectivity index (χ1n) is 7.44. The van der Waals surface area contributed by atoms with Crippen LogP contribution < -0.4 is 10.2 Å². The Morgan fingerprint density at radius 2 is 2.33 bits per heavy atom. The van der Waals surface area contributed by atoms with Crippen molar-refractivity contribution in [2.45, 2.75) is 38.6 Å². The van der Waals surface area contributed by atoms with E-state index in [0.29, 0.717) is 18.2 Å². The summed E-state index contributed by atoms with van der Waals surface area (Å²) in [4.78, 5) is 17.1. The molecule has 0 aromatic carbocycles. The quantitative estimate of drug-likeness (QED) is 0.617. The minimum Gasteiger partial charge on any atom is -0.394 e. The molecule has 0 bridgehead atoms. The highest BCUT2D eigenvalue weighted by molar-refractivity contribution is 5.62. The number of piperidine rings is 1. The highest BCUT2D eigenvalue weighted by atomic mass is 16.6. The number of aromatic nitrogens is 1. The van der Waals surface area contributed by atoms with Crippen LogP contribution >= 0.6 is 0 Å². The van der Waals surface area contributed by atoms with Crippen LogP contribution in [0.3, 0.4) is 0 Å². The first-order chi connectivity index (χ1) is 10.2. The molecular weight excluding hydrogens is 272 g/mol. The van der Waals surface area contributed by atoms with Gasteiger partial charge in [0.1, 0.15) is 5.82 Å². The van der Waals surface area contributed by atoms with Crippen LogP contribution in [-0.4, -0.2) is 40.8 Å². The van der Waals surface area contributed by atoms with Crippen molar-refractivity contribution in [1.82, 2.24) is 4.98 Å². The Morgan fingerprint density at radius 3 is 3.00 bits per heavy atom. The third kappa shape index (κ3) is 3.60. The fourth-order valence-electron chi connectivity index (χ4n) is 2.62. The van der Waals surface area contributed by atoms with Crippen LogP contribution in [0.2, 0.25) is 0 Å². The highest BCUT2D eigenvalue weighted by Gasteiger charge is 2.29. The lowest BCUT2D eigenvalue weighted by Crippen LogP contribution is -2.42. The fourth-order valence-corrected chi connectivity index (χ4v) is 2.62. The van der Waals surface area contributed by atoms with E-state index in [9.17, 15) is 15.2 Å². The van der Waals surface area contributed by atoms with Crippen LogP contribution in [0.4, 0.5) is 17.3 Å². The predicted molar refractivity (Wildman–Crippen MR) is 81.7 cm³/mol. The third-order valence-corrected chi connectivity index (χ3v) is 3.72. The minimum atomic E-state index is -0.408. The molecule has 1 aliphatic rings. The normalized spacial score (nSPS) is 18.6. The molecule has 1 saturated heterocycles. The number of hydrogen-bond donors (Lipinski definition) is 2. The molecule has 2 heterocycles. The van der Waals surface area contributed by atoms with Crippen molar-refractivity contribution in [3.8, 4) is 0 Å². The van der Waals surface area contributed by atoms with Gasteiger partial charge in [-0.15, -0.1) is 0 Å². The van der Waals surface area contributed by atoms with Crippen LogP contribution in [0.25, 0.3) is 0 Å². The maximum absolute atomic E-state index is 11.2. The van der Waals surface area contributed by atoms with Crippen LogP contribution in [-0.2, 0) is 0 Å². The topological polar surface area (TPSA) is 91.5 Å². The van der Waals surface area contributed by atoms with Gasteiger partial charge >= 0.3 is 5.69 Å². The van der Waals surface area contributed by atoms with E-state index in [1.807, 2.05) is 11.8 Å². The van der Waals surface area contributed by atoms with Crippen molar-refractivity contribution in [3.63, 3.8) is 0 Å². The van der Waals surface area contributed by atoms with Crippen molar-refractivity contribution in [2.24, 2.45) is 0 Å². The number of rotatable bonds is 6. The molecule has 1 aromatic heterocycles. The molecule has 0 saturated carbocycles. The van der Waals surface area contributed by atoms with E-state index in [1.165, 1.54) is 6.07 Å². The summed E-state index contributed by atoms with van der Waals surface area (Å²) in [5.41, 5.74) is -0.00241. The first kappa shape index (κ1) is 15.5. The monoisotopic (exact) mass is 294 g/mol. The average Bonchev–Trinajstić information content (AvgIpc) is 2.52. The molecular formula is C14H22N4O3. The maximum atomic E-state index is 11.2. The Labute approximate surface area is 124 Å². The Morgan fingerprint density at radius 1 is 1.52 bits per heavy atom. The van der Waals surface area contributed by atoms with Crippen molar-refractivity contribution in [1.29, 1.82) is 0 Å². The average molecular weight is 294 g/mol. The molecule has 1 fully saturated rings. The molecule has 7 heteroatoms. The molecule has 1 atom stereocenters. The van der Waals surface area contributed by atoms with Crippen LogP contribution in [0.5, 0.6) is 0 Å². The van der Waals surface area contributed by atoms with Crippen molar-refractivity contribution >= 4 is 17.3 Å². The molecule has 0 spiro atoms. The highest BCUT2D eigenvalue weighted by Crippen LogP contribution is 2.32. The van der Waals surface area contributed by atoms with Crippen molar-refractivity contribution < 1.29 is 10.0 Å². The van der Waals surface area contributed by atoms with E-state index in [4.69, 9.17) is 0 Å². The van der Waals surface area contributed by atoms with Gasteiger partial charge in [-0.1, -0.05) is 6.92 Å². The van der Waals surface area contributed by atoms with E-state index < -0.39 is 4.92 Å². The molecule has 1 aromatic rings. The summed E-state index contributed by atoms with van der Waals surface area (Å²) in [6.07, 6.45) is 3.78. The standard InChI is InChI=1S/C14H22N4O3/c1-2-8-15-13-7-6-12(18(20)21)14(16-13)17-9-4-3-5-11(17)10-19/h6-7,11,19H,2-5,8-10H2,1H3,(H,15,16). The van der Waals surface area contributed by atoms with E-state index in [-0.39, 0.29) is 18.3 Å². The third-order valence-electron chi connectivity index (χ3n) is 3.72. The van der Waals surface area contributed by atoms with Crippen LogP contribution in [0.15, 0.2) is 12.1 Å². The van der Waals surface area contributed by atoms with Gasteiger partial charge in [-0.3, -0.25) is 10.1 Å². The molecule has 0 amide bonds. The van der Waals surface area contributed by atoms with Gasteiger partial charge in [0.05, 0.1) is 17.6 Å². The van der Waals surface area contributed by atoms with Gasteiger partial charge in [-0.2, -0.15) is 0 Å². The lowest BCUT2D eigenvalue weighted by Gasteiger charge is -2.35. The summed E-state index contributed by atoms with van der Waals surface area (Å²) in [5, 5.41) is 23.9. The molecule has 1 unspecified atom stereocenters. The Kier molecular flexibility index (Phi) is 5.32. The number of pyridine rings is 1. The number of anilines is 2. The smallest absolute Gasteiger partial charge is 0.311 e. The molecule has 0 radical (unpaired) electrons. The van der Waals surface area contributed by atoms with Gasteiger partial charge in [0.2, 0.25) is 5.82 Å². The van der Waals surface area contributed by atoms with Gasteiger partial charge in [0.25, 0.3) is 0 Å². The second kappa shape index (κ2) is 7.21. The zero-order chi connectivity index (χ0) is 15.2. The van der Waals surface area contributed by atoms with E-state index in [1.54, 1.807) is 6.07 Å². The van der Waals surface area contributed by atoms with E-state index >= 15 is 0 Å². The fraction of sp³-hybridized carbons (Fsp3) is 0.643. The molecule has 116 valence electrons. The zero-order valence-electron chi connectivity index (χ0n) is 12.3. The summed E-state index contributed by atoms with van der Waals surface area (Å²) in [7, 11) is 0. The number of aliphatic hydroxyl groups is 1. The largest absolute Gasteiger partial charge is 0.394 e. The van der Waals surface area contributed by atoms with Gasteiger partial charge in [-0.25, -0.2) is 4.98 Å². The summed E-state index contributed by atoms with van der Waals surface area (Å²) in [5.74, 6) is 1.000. The number of nitrogens with one attached hydrogen (secondary N) is 1. The number of hydrogen-bond acceptors (Lipinski definition) is 6. The van der Waals surface area contributed by atoms with Gasteiger partial charge < -0.3 is 15.3 Å². The Balaban J connectivity index is 2.34. The molecule has 0 aliphatic carbocycles. The first-order valence-corrected chi connectivity index (χ1v) is 7.44. The summed E-state index contributed by atoms with van der Waals surface area (Å²) in [6.45, 7) is 3.50. The summed E-state index contributed by atoms with van der Waals surface area (Å²) in [6, 6.07) is 3.03. The van der Waals surface area contributed by atoms with E-state index in [0.717, 1.165) is 32.2 Å². The second-order valence-corrected chi connectivity index (χ2v) is 5.25. The number of nitrogens with zero attached hydrogens (tertiary/aromatic N) is 3. The van der Waals surface area contributed by atoms with E-state index in [2.05, 4.69) is 10.3 Å². The Bertz CT molecular complexity index is 495. The van der Waals surface area contributed by atoms with Gasteiger partial charge in [-0.05, 0) is 31.7 Å². The summed E-state index contributed by atoms with van der Waals surface area (Å²) < 4.78 is 0. The lowest BCUT2D eigenvalue weighted by atomic mass is 10.0. The predicted octanol–water partition coefficient (Wildman–Crippen LogP) is 2.16. The van der Waals surface area contributed by atoms with Crippen molar-refractivity contribution in [2.75, 3.05) is 29.9 Å². The van der Waals surface area contributed by atoms with Crippen LogP contribution in [0, 0.1) is 10.1 Å². The molecule has 2 N–H and O–H groups in total. The minimum absolute atomic E-state index is 0.00241. The van der Waals surface area contributed by atoms with Crippen LogP contribution in [0.1, 0.15) is 32.6 Å². The summed E-state index contributed by atoms with van der Waals surface area (Å²) >= 11 is 0. The Hall–Kier alpha value is -1.89. The molecule has 21 heavy (non-hydrogen) atoms. The second-order valence-electron chi connectivity index (χ2n) is 5.25. The maximum Gasteiger partial charge on any atom is 0.311 e. The zero-order valence-corrected chi connectivity index (χ0v) is 12.3. The van der Waals surface area contributed by atoms with Gasteiger partial charge in [0, 0.05) is 19.2 Å². The van der Waals surface area contributed by atoms with Crippen molar-refractivity contribution in [3.05, 3.63) is 22.2 Å².